The zero-order valence-electron chi connectivity index (χ0n) is 22.4. The summed E-state index contributed by atoms with van der Waals surface area (Å²) in [5.74, 6) is -1.64. The van der Waals surface area contributed by atoms with E-state index in [2.05, 4.69) is 30.6 Å². The molecule has 16 heteroatoms. The number of alkyl halides is 4. The molecule has 4 amide bonds. The first-order valence-corrected chi connectivity index (χ1v) is 13.2. The number of hydrogen-bond donors (Lipinski definition) is 3. The highest BCUT2D eigenvalue weighted by molar-refractivity contribution is 6.00. The van der Waals surface area contributed by atoms with E-state index in [1.165, 1.54) is 25.4 Å². The van der Waals surface area contributed by atoms with Crippen molar-refractivity contribution in [2.45, 2.75) is 69.5 Å². The normalized spacial score (nSPS) is 22.6. The van der Waals surface area contributed by atoms with Crippen molar-refractivity contribution in [3.8, 4) is 0 Å². The van der Waals surface area contributed by atoms with Crippen molar-refractivity contribution < 1.29 is 41.3 Å². The molecular weight excluding hydrogens is 554 g/mol. The summed E-state index contributed by atoms with van der Waals surface area (Å²) in [6.07, 6.45) is -2.74. The molecule has 4 rings (SSSR count). The average Bonchev–Trinajstić information content (AvgIpc) is 3.57. The van der Waals surface area contributed by atoms with Crippen LogP contribution in [-0.2, 0) is 16.0 Å². The summed E-state index contributed by atoms with van der Waals surface area (Å²) in [6, 6.07) is -2.01. The number of halogens is 4. The number of rotatable bonds is 10. The van der Waals surface area contributed by atoms with Crippen LogP contribution in [0.3, 0.4) is 0 Å². The number of nitrogens with zero attached hydrogens (tertiary/aromatic N) is 4. The maximum Gasteiger partial charge on any atom is 0.410 e. The van der Waals surface area contributed by atoms with Crippen LogP contribution in [0.1, 0.15) is 60.4 Å². The van der Waals surface area contributed by atoms with Gasteiger partial charge in [-0.05, 0) is 60.9 Å². The number of carbonyl (C=O) groups is 3. The monoisotopic (exact) mass is 585 g/mol. The molecular formula is C25H31F4N7O5. The number of aryl methyl sites for hydroxylation is 1. The average molecular weight is 586 g/mol. The van der Waals surface area contributed by atoms with Crippen molar-refractivity contribution in [3.63, 3.8) is 0 Å². The summed E-state index contributed by atoms with van der Waals surface area (Å²) in [4.78, 5) is 44.0. The van der Waals surface area contributed by atoms with Crippen LogP contribution in [0, 0.1) is 5.92 Å². The maximum atomic E-state index is 13.8. The fourth-order valence-electron chi connectivity index (χ4n) is 5.09. The maximum absolute atomic E-state index is 13.8. The van der Waals surface area contributed by atoms with Gasteiger partial charge in [0, 0.05) is 13.3 Å². The minimum atomic E-state index is -4.62. The molecule has 0 bridgehead atoms. The lowest BCUT2D eigenvalue weighted by Crippen LogP contribution is -2.49. The van der Waals surface area contributed by atoms with Crippen LogP contribution in [0.5, 0.6) is 0 Å². The number of amides is 4. The zero-order chi connectivity index (χ0) is 29.7. The van der Waals surface area contributed by atoms with Crippen molar-refractivity contribution in [3.05, 3.63) is 35.3 Å². The highest BCUT2D eigenvalue weighted by Gasteiger charge is 2.48. The van der Waals surface area contributed by atoms with E-state index >= 15 is 0 Å². The van der Waals surface area contributed by atoms with Gasteiger partial charge < -0.3 is 25.6 Å². The van der Waals surface area contributed by atoms with Crippen molar-refractivity contribution in [2.75, 3.05) is 25.6 Å². The highest BCUT2D eigenvalue weighted by Crippen LogP contribution is 2.32. The van der Waals surface area contributed by atoms with Gasteiger partial charge in [-0.25, -0.2) is 18.8 Å². The summed E-state index contributed by atoms with van der Waals surface area (Å²) < 4.78 is 63.4. The molecule has 1 aliphatic heterocycles. The van der Waals surface area contributed by atoms with Gasteiger partial charge >= 0.3 is 12.2 Å². The van der Waals surface area contributed by atoms with E-state index in [-0.39, 0.29) is 36.9 Å². The lowest BCUT2D eigenvalue weighted by atomic mass is 9.82. The molecule has 3 heterocycles. The van der Waals surface area contributed by atoms with Crippen LogP contribution in [0.4, 0.5) is 28.2 Å². The second-order valence-electron chi connectivity index (χ2n) is 10.0. The van der Waals surface area contributed by atoms with Crippen LogP contribution >= 0.6 is 0 Å². The third kappa shape index (κ3) is 7.10. The molecule has 0 radical (unpaired) electrons. The highest BCUT2D eigenvalue weighted by atomic mass is 19.4. The van der Waals surface area contributed by atoms with Gasteiger partial charge in [0.1, 0.15) is 29.8 Å². The van der Waals surface area contributed by atoms with Gasteiger partial charge in [0.05, 0.1) is 19.2 Å². The fourth-order valence-corrected chi connectivity index (χ4v) is 5.09. The summed E-state index contributed by atoms with van der Waals surface area (Å²) in [5.41, 5.74) is 0.620. The molecule has 12 nitrogen and oxygen atoms in total. The minimum Gasteiger partial charge on any atom is -0.382 e. The molecule has 0 spiro atoms. The number of methoxy groups -OCH3 is 1. The van der Waals surface area contributed by atoms with Crippen LogP contribution in [0.2, 0.25) is 0 Å². The predicted octanol–water partition coefficient (Wildman–Crippen LogP) is 2.94. The SMILES string of the molecule is CCc1nonc1C(=O)NC(C(=O)Nc1cc([C@@H](COC)N2C[C@@H](C(F)(F)F)NC2=O)ccn1)C1CCC(F)CC1. The molecule has 1 saturated heterocycles. The Balaban J connectivity index is 1.54. The van der Waals surface area contributed by atoms with Crippen molar-refractivity contribution in [1.29, 1.82) is 0 Å². The Hall–Kier alpha value is -3.82. The van der Waals surface area contributed by atoms with Gasteiger partial charge in [0.25, 0.3) is 5.91 Å². The summed E-state index contributed by atoms with van der Waals surface area (Å²) in [5, 5.41) is 14.6. The van der Waals surface area contributed by atoms with Gasteiger partial charge in [-0.1, -0.05) is 12.1 Å². The van der Waals surface area contributed by atoms with E-state index in [4.69, 9.17) is 4.74 Å². The minimum absolute atomic E-state index is 0.0383. The summed E-state index contributed by atoms with van der Waals surface area (Å²) in [7, 11) is 1.35. The Morgan fingerprint density at radius 1 is 1.24 bits per heavy atom. The second kappa shape index (κ2) is 12.8. The van der Waals surface area contributed by atoms with Crippen LogP contribution < -0.4 is 16.0 Å². The lowest BCUT2D eigenvalue weighted by Gasteiger charge is -2.31. The Morgan fingerprint density at radius 2 is 1.98 bits per heavy atom. The number of urea groups is 1. The summed E-state index contributed by atoms with van der Waals surface area (Å²) in [6.45, 7) is 1.02. The molecule has 1 aliphatic carbocycles. The molecule has 2 aliphatic rings. The molecule has 3 N–H and O–H groups in total. The summed E-state index contributed by atoms with van der Waals surface area (Å²) >= 11 is 0. The van der Waals surface area contributed by atoms with E-state index in [0.717, 1.165) is 4.90 Å². The topological polar surface area (TPSA) is 152 Å². The molecule has 2 aromatic heterocycles. The second-order valence-corrected chi connectivity index (χ2v) is 10.0. The standard InChI is InChI=1S/C25H31F4N7O5/c1-3-16-21(35-41-34-16)23(38)33-20(13-4-6-15(26)7-5-13)22(37)32-19-10-14(8-9-30-19)17(12-40-2)36-11-18(25(27,28)29)31-24(36)39/h8-10,13,15,17-18,20H,3-7,11-12H2,1-2H3,(H,31,39)(H,33,38)(H,30,32,37)/t13?,15?,17-,18+,20?/m1/s1. The Bertz CT molecular complexity index is 1230. The number of aromatic nitrogens is 3. The number of anilines is 1. The first-order chi connectivity index (χ1) is 19.5. The molecule has 3 atom stereocenters. The van der Waals surface area contributed by atoms with Gasteiger partial charge in [-0.15, -0.1) is 0 Å². The molecule has 1 unspecified atom stereocenters. The van der Waals surface area contributed by atoms with Crippen LogP contribution in [0.15, 0.2) is 23.0 Å². The molecule has 41 heavy (non-hydrogen) atoms. The van der Waals surface area contributed by atoms with Gasteiger partial charge in [0.15, 0.2) is 5.69 Å². The first-order valence-electron chi connectivity index (χ1n) is 13.2. The number of pyridine rings is 1. The lowest BCUT2D eigenvalue weighted by molar-refractivity contribution is -0.150. The molecule has 2 fully saturated rings. The van der Waals surface area contributed by atoms with Crippen molar-refractivity contribution in [2.24, 2.45) is 5.92 Å². The van der Waals surface area contributed by atoms with Gasteiger partial charge in [-0.2, -0.15) is 13.2 Å². The van der Waals surface area contributed by atoms with Crippen molar-refractivity contribution in [1.82, 2.24) is 30.8 Å². The number of hydrogen-bond acceptors (Lipinski definition) is 8. The quantitative estimate of drug-likeness (QED) is 0.360. The van der Waals surface area contributed by atoms with Crippen LogP contribution in [-0.4, -0.2) is 82.7 Å². The third-order valence-electron chi connectivity index (χ3n) is 7.30. The Labute approximate surface area is 232 Å². The Morgan fingerprint density at radius 3 is 2.61 bits per heavy atom. The van der Waals surface area contributed by atoms with Gasteiger partial charge in [0.2, 0.25) is 5.91 Å². The van der Waals surface area contributed by atoms with E-state index in [1.54, 1.807) is 6.92 Å². The number of nitrogens with one attached hydrogen (secondary N) is 3. The molecule has 0 aromatic carbocycles. The van der Waals surface area contributed by atoms with Crippen LogP contribution in [0.25, 0.3) is 0 Å². The van der Waals surface area contributed by atoms with E-state index in [0.29, 0.717) is 30.5 Å². The van der Waals surface area contributed by atoms with E-state index in [9.17, 15) is 31.9 Å². The third-order valence-corrected chi connectivity index (χ3v) is 7.30. The number of carbonyl (C=O) groups excluding carboxylic acids is 3. The van der Waals surface area contributed by atoms with E-state index in [1.807, 2.05) is 5.32 Å². The smallest absolute Gasteiger partial charge is 0.382 e. The molecule has 1 saturated carbocycles. The largest absolute Gasteiger partial charge is 0.410 e. The molecule has 224 valence electrons. The van der Waals surface area contributed by atoms with E-state index < -0.39 is 54.9 Å². The molecule has 2 aromatic rings. The van der Waals surface area contributed by atoms with Gasteiger partial charge in [-0.3, -0.25) is 9.59 Å². The predicted molar refractivity (Wildman–Crippen MR) is 134 cm³/mol. The number of ether oxygens (including phenoxy) is 1. The fraction of sp³-hybridized carbons (Fsp3) is 0.600. The zero-order valence-corrected chi connectivity index (χ0v) is 22.4. The first kappa shape index (κ1) is 30.1. The Kier molecular flexibility index (Phi) is 9.40. The van der Waals surface area contributed by atoms with Crippen molar-refractivity contribution >= 4 is 23.7 Å².